The zero-order valence-corrected chi connectivity index (χ0v) is 16.8. The van der Waals surface area contributed by atoms with Gasteiger partial charge in [-0.3, -0.25) is 4.79 Å². The highest BCUT2D eigenvalue weighted by atomic mass is 19.4. The molecule has 7 nitrogen and oxygen atoms in total. The molecule has 0 fully saturated rings. The zero-order chi connectivity index (χ0) is 21.9. The fourth-order valence-electron chi connectivity index (χ4n) is 2.62. The van der Waals surface area contributed by atoms with E-state index in [2.05, 4.69) is 30.9 Å². The molecule has 0 saturated carbocycles. The minimum Gasteiger partial charge on any atom is -0.360 e. The van der Waals surface area contributed by atoms with Crippen molar-refractivity contribution in [3.8, 4) is 0 Å². The molecule has 3 rings (SSSR count). The number of carbonyl (C=O) groups excluding carboxylic acids is 1. The number of amides is 1. The molecular weight excluding hydrogens is 397 g/mol. The quantitative estimate of drug-likeness (QED) is 0.448. The van der Waals surface area contributed by atoms with Crippen LogP contribution in [0.5, 0.6) is 0 Å². The molecule has 2 aromatic heterocycles. The lowest BCUT2D eigenvalue weighted by atomic mass is 10.0. The average Bonchev–Trinajstić information content (AvgIpc) is 3.14. The molecule has 0 spiro atoms. The van der Waals surface area contributed by atoms with E-state index in [0.29, 0.717) is 22.3 Å². The summed E-state index contributed by atoms with van der Waals surface area (Å²) in [6, 6.07) is 8.26. The van der Waals surface area contributed by atoms with E-state index in [4.69, 9.17) is 0 Å². The summed E-state index contributed by atoms with van der Waals surface area (Å²) >= 11 is 0. The number of halogens is 3. The van der Waals surface area contributed by atoms with Gasteiger partial charge in [0.05, 0.1) is 5.39 Å². The van der Waals surface area contributed by atoms with E-state index in [1.54, 1.807) is 36.5 Å². The first-order chi connectivity index (χ1) is 14.1. The van der Waals surface area contributed by atoms with Gasteiger partial charge in [0.15, 0.2) is 0 Å². The Labute approximate surface area is 171 Å². The van der Waals surface area contributed by atoms with Gasteiger partial charge in [0.25, 0.3) is 5.91 Å². The maximum atomic E-state index is 12.6. The second kappa shape index (κ2) is 8.21. The fourth-order valence-corrected chi connectivity index (χ4v) is 2.62. The van der Waals surface area contributed by atoms with Crippen LogP contribution in [0.4, 0.5) is 30.6 Å². The van der Waals surface area contributed by atoms with Gasteiger partial charge in [0, 0.05) is 23.0 Å². The summed E-state index contributed by atoms with van der Waals surface area (Å²) < 4.78 is 37.7. The van der Waals surface area contributed by atoms with Crippen LogP contribution in [0, 0.1) is 0 Å². The van der Waals surface area contributed by atoms with Crippen molar-refractivity contribution in [2.24, 2.45) is 0 Å². The monoisotopic (exact) mass is 420 g/mol. The van der Waals surface area contributed by atoms with Gasteiger partial charge in [0.2, 0.25) is 5.95 Å². The number of aromatic amines is 1. The van der Waals surface area contributed by atoms with Crippen molar-refractivity contribution in [1.29, 1.82) is 0 Å². The van der Waals surface area contributed by atoms with E-state index >= 15 is 0 Å². The van der Waals surface area contributed by atoms with E-state index in [-0.39, 0.29) is 23.2 Å². The molecule has 0 saturated heterocycles. The number of H-pyrrole nitrogens is 1. The first kappa shape index (κ1) is 21.4. The van der Waals surface area contributed by atoms with Gasteiger partial charge in [0.1, 0.15) is 18.0 Å². The molecule has 1 amide bonds. The third-order valence-corrected chi connectivity index (χ3v) is 4.61. The third-order valence-electron chi connectivity index (χ3n) is 4.61. The van der Waals surface area contributed by atoms with Gasteiger partial charge >= 0.3 is 6.18 Å². The summed E-state index contributed by atoms with van der Waals surface area (Å²) in [5, 5.41) is 8.66. The molecule has 30 heavy (non-hydrogen) atoms. The summed E-state index contributed by atoms with van der Waals surface area (Å²) in [4.78, 5) is 23.6. The van der Waals surface area contributed by atoms with Crippen LogP contribution in [0.15, 0.2) is 36.5 Å². The second-order valence-electron chi connectivity index (χ2n) is 7.50. The summed E-state index contributed by atoms with van der Waals surface area (Å²) in [5.74, 6) is 0.00824. The highest BCUT2D eigenvalue weighted by molar-refractivity contribution is 5.95. The lowest BCUT2D eigenvalue weighted by molar-refractivity contribution is -0.115. The number of anilines is 3. The van der Waals surface area contributed by atoms with Gasteiger partial charge in [-0.05, 0) is 50.6 Å². The van der Waals surface area contributed by atoms with Crippen molar-refractivity contribution in [3.63, 3.8) is 0 Å². The number of aromatic nitrogens is 3. The van der Waals surface area contributed by atoms with Crippen LogP contribution in [0.2, 0.25) is 0 Å². The Morgan fingerprint density at radius 2 is 1.80 bits per heavy atom. The molecule has 10 heteroatoms. The van der Waals surface area contributed by atoms with E-state index in [9.17, 15) is 18.0 Å². The number of alkyl halides is 3. The van der Waals surface area contributed by atoms with Crippen molar-refractivity contribution in [2.75, 3.05) is 17.2 Å². The molecule has 160 valence electrons. The van der Waals surface area contributed by atoms with Crippen LogP contribution >= 0.6 is 0 Å². The smallest absolute Gasteiger partial charge is 0.360 e. The summed E-state index contributed by atoms with van der Waals surface area (Å²) in [6.07, 6.45) is -2.00. The number of hydrogen-bond donors (Lipinski definition) is 4. The minimum atomic E-state index is -4.37. The predicted molar refractivity (Wildman–Crippen MR) is 110 cm³/mol. The molecular formula is C20H23F3N6O. The topological polar surface area (TPSA) is 94.7 Å². The van der Waals surface area contributed by atoms with Crippen molar-refractivity contribution in [1.82, 2.24) is 20.3 Å². The fraction of sp³-hybridized carbons (Fsp3) is 0.350. The predicted octanol–water partition coefficient (Wildman–Crippen LogP) is 4.59. The normalized spacial score (nSPS) is 12.1. The lowest BCUT2D eigenvalue weighted by Crippen LogP contribution is -2.42. The van der Waals surface area contributed by atoms with Crippen LogP contribution in [-0.4, -0.2) is 39.1 Å². The Morgan fingerprint density at radius 3 is 2.43 bits per heavy atom. The number of nitrogens with one attached hydrogen (secondary N) is 4. The van der Waals surface area contributed by atoms with Gasteiger partial charge in [-0.25, -0.2) is 0 Å². The largest absolute Gasteiger partial charge is 0.405 e. The first-order valence-electron chi connectivity index (χ1n) is 9.42. The molecule has 0 aliphatic carbocycles. The SMILES string of the molecule is CCC(C)(C)NC(=O)c1ccc(Nc2nc(NCC(F)(F)F)c3cc[nH]c3n2)cc1. The number of hydrogen-bond acceptors (Lipinski definition) is 5. The summed E-state index contributed by atoms with van der Waals surface area (Å²) in [5.41, 5.74) is 1.17. The Hall–Kier alpha value is -3.30. The number of carbonyl (C=O) groups is 1. The lowest BCUT2D eigenvalue weighted by Gasteiger charge is -2.24. The van der Waals surface area contributed by atoms with Gasteiger partial charge in [-0.15, -0.1) is 0 Å². The molecule has 0 radical (unpaired) electrons. The Balaban J connectivity index is 1.77. The van der Waals surface area contributed by atoms with E-state index in [1.165, 1.54) is 0 Å². The summed E-state index contributed by atoms with van der Waals surface area (Å²) in [7, 11) is 0. The molecule has 0 aliphatic rings. The van der Waals surface area contributed by atoms with Crippen LogP contribution in [0.1, 0.15) is 37.6 Å². The Bertz CT molecular complexity index is 1030. The van der Waals surface area contributed by atoms with Crippen LogP contribution in [0.25, 0.3) is 11.0 Å². The molecule has 0 bridgehead atoms. The Kier molecular flexibility index (Phi) is 5.86. The van der Waals surface area contributed by atoms with Crippen molar-refractivity contribution in [3.05, 3.63) is 42.1 Å². The van der Waals surface area contributed by atoms with Crippen LogP contribution < -0.4 is 16.0 Å². The molecule has 4 N–H and O–H groups in total. The first-order valence-corrected chi connectivity index (χ1v) is 9.42. The highest BCUT2D eigenvalue weighted by Crippen LogP contribution is 2.25. The highest BCUT2D eigenvalue weighted by Gasteiger charge is 2.27. The maximum absolute atomic E-state index is 12.6. The maximum Gasteiger partial charge on any atom is 0.405 e. The second-order valence-corrected chi connectivity index (χ2v) is 7.50. The van der Waals surface area contributed by atoms with Gasteiger partial charge < -0.3 is 20.9 Å². The van der Waals surface area contributed by atoms with Crippen molar-refractivity contribution >= 4 is 34.4 Å². The van der Waals surface area contributed by atoms with E-state index in [0.717, 1.165) is 6.42 Å². The number of nitrogens with zero attached hydrogens (tertiary/aromatic N) is 2. The molecule has 0 atom stereocenters. The van der Waals surface area contributed by atoms with E-state index in [1.807, 2.05) is 20.8 Å². The summed E-state index contributed by atoms with van der Waals surface area (Å²) in [6.45, 7) is 4.67. The number of benzene rings is 1. The standard InChI is InChI=1S/C20H23F3N6O/c1-4-19(2,3)29-17(30)12-5-7-13(8-6-12)26-18-27-15-14(9-10-24-15)16(28-18)25-11-20(21,22)23/h5-10H,4,11H2,1-3H3,(H,29,30)(H3,24,25,26,27,28). The molecule has 1 aromatic carbocycles. The van der Waals surface area contributed by atoms with Crippen molar-refractivity contribution in [2.45, 2.75) is 38.9 Å². The Morgan fingerprint density at radius 1 is 1.10 bits per heavy atom. The zero-order valence-electron chi connectivity index (χ0n) is 16.8. The van der Waals surface area contributed by atoms with Gasteiger partial charge in [-0.1, -0.05) is 6.92 Å². The molecule has 0 unspecified atom stereocenters. The molecule has 0 aliphatic heterocycles. The van der Waals surface area contributed by atoms with E-state index < -0.39 is 12.7 Å². The molecule has 2 heterocycles. The van der Waals surface area contributed by atoms with Gasteiger partial charge in [-0.2, -0.15) is 23.1 Å². The number of fused-ring (bicyclic) bond motifs is 1. The minimum absolute atomic E-state index is 0.0684. The molecule has 3 aromatic rings. The van der Waals surface area contributed by atoms with Crippen LogP contribution in [0.3, 0.4) is 0 Å². The van der Waals surface area contributed by atoms with Crippen LogP contribution in [-0.2, 0) is 0 Å². The third kappa shape index (κ3) is 5.40. The number of rotatable bonds is 7. The van der Waals surface area contributed by atoms with Crippen molar-refractivity contribution < 1.29 is 18.0 Å². The average molecular weight is 420 g/mol.